The molecular formula is C15H19N3O3S. The summed E-state index contributed by atoms with van der Waals surface area (Å²) < 4.78 is 0. The molecule has 4 amide bonds. The third-order valence-corrected chi connectivity index (χ3v) is 5.40. The van der Waals surface area contributed by atoms with E-state index in [4.69, 9.17) is 0 Å². The molecule has 118 valence electrons. The van der Waals surface area contributed by atoms with Gasteiger partial charge in [0, 0.05) is 10.9 Å². The number of nitrogens with one attached hydrogen (secondary N) is 2. The summed E-state index contributed by atoms with van der Waals surface area (Å²) >= 11 is 1.41. The molecule has 2 atom stereocenters. The van der Waals surface area contributed by atoms with E-state index < -0.39 is 11.6 Å². The fraction of sp³-hybridized carbons (Fsp3) is 0.533. The SMILES string of the molecule is C[C@@H](NC(=O)CN1C(=O)N[C@@](C)(c2cccs2)C1=O)C1CC1. The number of amides is 4. The van der Waals surface area contributed by atoms with Gasteiger partial charge in [-0.1, -0.05) is 6.07 Å². The maximum Gasteiger partial charge on any atom is 0.325 e. The van der Waals surface area contributed by atoms with Crippen LogP contribution in [-0.4, -0.2) is 35.3 Å². The van der Waals surface area contributed by atoms with Crippen LogP contribution in [0.15, 0.2) is 17.5 Å². The largest absolute Gasteiger partial charge is 0.352 e. The maximum atomic E-state index is 12.6. The Labute approximate surface area is 132 Å². The van der Waals surface area contributed by atoms with Crippen LogP contribution in [0.4, 0.5) is 4.79 Å². The van der Waals surface area contributed by atoms with Crippen molar-refractivity contribution in [3.8, 4) is 0 Å². The number of nitrogens with zero attached hydrogens (tertiary/aromatic N) is 1. The molecule has 1 aromatic rings. The molecule has 1 aliphatic heterocycles. The molecule has 22 heavy (non-hydrogen) atoms. The van der Waals surface area contributed by atoms with Gasteiger partial charge in [-0.25, -0.2) is 4.79 Å². The highest BCUT2D eigenvalue weighted by Crippen LogP contribution is 2.33. The zero-order chi connectivity index (χ0) is 15.9. The average Bonchev–Trinajstić information content (AvgIpc) is 3.12. The summed E-state index contributed by atoms with van der Waals surface area (Å²) in [5.41, 5.74) is -1.08. The minimum atomic E-state index is -1.08. The van der Waals surface area contributed by atoms with E-state index in [0.29, 0.717) is 5.92 Å². The summed E-state index contributed by atoms with van der Waals surface area (Å²) in [5.74, 6) is -0.143. The number of thiophene rings is 1. The van der Waals surface area contributed by atoms with E-state index in [2.05, 4.69) is 10.6 Å². The van der Waals surface area contributed by atoms with E-state index in [0.717, 1.165) is 22.6 Å². The van der Waals surface area contributed by atoms with Gasteiger partial charge in [0.05, 0.1) is 0 Å². The number of hydrogen-bond acceptors (Lipinski definition) is 4. The second kappa shape index (κ2) is 5.39. The highest BCUT2D eigenvalue weighted by Gasteiger charge is 2.50. The van der Waals surface area contributed by atoms with Crippen molar-refractivity contribution in [3.63, 3.8) is 0 Å². The average molecular weight is 321 g/mol. The lowest BCUT2D eigenvalue weighted by molar-refractivity contribution is -0.135. The Balaban J connectivity index is 1.68. The number of imide groups is 1. The Hall–Kier alpha value is -1.89. The summed E-state index contributed by atoms with van der Waals surface area (Å²) in [4.78, 5) is 38.5. The Morgan fingerprint density at radius 3 is 2.86 bits per heavy atom. The second-order valence-electron chi connectivity index (χ2n) is 6.12. The van der Waals surface area contributed by atoms with Crippen LogP contribution in [0.1, 0.15) is 31.6 Å². The standard InChI is InChI=1S/C15H19N3O3S/c1-9(10-5-6-10)16-12(19)8-18-13(20)15(2,17-14(18)21)11-4-3-7-22-11/h3-4,7,9-10H,5-6,8H2,1-2H3,(H,16,19)(H,17,21)/t9-,15+/m1/s1. The molecule has 0 bridgehead atoms. The van der Waals surface area contributed by atoms with Gasteiger partial charge in [0.2, 0.25) is 5.91 Å². The Bertz CT molecular complexity index is 612. The lowest BCUT2D eigenvalue weighted by Gasteiger charge is -2.20. The normalized spacial score (nSPS) is 26.0. The monoisotopic (exact) mass is 321 g/mol. The van der Waals surface area contributed by atoms with E-state index in [1.807, 2.05) is 24.4 Å². The molecule has 1 saturated carbocycles. The molecule has 0 unspecified atom stereocenters. The van der Waals surface area contributed by atoms with Crippen LogP contribution < -0.4 is 10.6 Å². The molecule has 2 N–H and O–H groups in total. The Kier molecular flexibility index (Phi) is 3.68. The molecule has 2 aliphatic rings. The second-order valence-corrected chi connectivity index (χ2v) is 7.07. The number of carbonyl (C=O) groups is 3. The quantitative estimate of drug-likeness (QED) is 0.805. The highest BCUT2D eigenvalue weighted by atomic mass is 32.1. The van der Waals surface area contributed by atoms with Crippen molar-refractivity contribution in [1.82, 2.24) is 15.5 Å². The third-order valence-electron chi connectivity index (χ3n) is 4.31. The zero-order valence-corrected chi connectivity index (χ0v) is 13.4. The molecule has 1 aliphatic carbocycles. The fourth-order valence-corrected chi connectivity index (χ4v) is 3.56. The first-order valence-electron chi connectivity index (χ1n) is 7.39. The Morgan fingerprint density at radius 1 is 1.55 bits per heavy atom. The molecule has 3 rings (SSSR count). The van der Waals surface area contributed by atoms with Gasteiger partial charge in [-0.15, -0.1) is 11.3 Å². The van der Waals surface area contributed by atoms with Gasteiger partial charge in [-0.05, 0) is 44.1 Å². The first-order chi connectivity index (χ1) is 10.4. The molecule has 0 aromatic carbocycles. The van der Waals surface area contributed by atoms with E-state index in [-0.39, 0.29) is 24.4 Å². The van der Waals surface area contributed by atoms with Crippen LogP contribution in [0.25, 0.3) is 0 Å². The molecule has 1 saturated heterocycles. The van der Waals surface area contributed by atoms with Crippen molar-refractivity contribution in [3.05, 3.63) is 22.4 Å². The topological polar surface area (TPSA) is 78.5 Å². The number of carbonyl (C=O) groups excluding carboxylic acids is 3. The summed E-state index contributed by atoms with van der Waals surface area (Å²) in [6.45, 7) is 3.39. The smallest absolute Gasteiger partial charge is 0.325 e. The molecule has 6 nitrogen and oxygen atoms in total. The van der Waals surface area contributed by atoms with Crippen LogP contribution in [-0.2, 0) is 15.1 Å². The van der Waals surface area contributed by atoms with Gasteiger partial charge in [0.25, 0.3) is 5.91 Å². The fourth-order valence-electron chi connectivity index (χ4n) is 2.73. The summed E-state index contributed by atoms with van der Waals surface area (Å²) in [6, 6.07) is 3.21. The molecule has 2 fully saturated rings. The van der Waals surface area contributed by atoms with Gasteiger partial charge in [0.1, 0.15) is 6.54 Å². The zero-order valence-electron chi connectivity index (χ0n) is 12.6. The maximum absolute atomic E-state index is 12.6. The van der Waals surface area contributed by atoms with Crippen LogP contribution in [0.3, 0.4) is 0 Å². The van der Waals surface area contributed by atoms with Gasteiger partial charge >= 0.3 is 6.03 Å². The minimum absolute atomic E-state index is 0.0944. The number of urea groups is 1. The van der Waals surface area contributed by atoms with Crippen molar-refractivity contribution in [2.24, 2.45) is 5.92 Å². The molecule has 0 spiro atoms. The predicted octanol–water partition coefficient (Wildman–Crippen LogP) is 1.43. The number of hydrogen-bond donors (Lipinski definition) is 2. The highest BCUT2D eigenvalue weighted by molar-refractivity contribution is 7.10. The van der Waals surface area contributed by atoms with Crippen molar-refractivity contribution in [1.29, 1.82) is 0 Å². The van der Waals surface area contributed by atoms with Crippen LogP contribution in [0.2, 0.25) is 0 Å². The van der Waals surface area contributed by atoms with Crippen LogP contribution >= 0.6 is 11.3 Å². The van der Waals surface area contributed by atoms with Crippen molar-refractivity contribution < 1.29 is 14.4 Å². The van der Waals surface area contributed by atoms with Gasteiger partial charge in [-0.2, -0.15) is 0 Å². The molecule has 7 heteroatoms. The number of rotatable bonds is 5. The lowest BCUT2D eigenvalue weighted by Crippen LogP contribution is -2.45. The van der Waals surface area contributed by atoms with Crippen molar-refractivity contribution in [2.45, 2.75) is 38.3 Å². The summed E-state index contributed by atoms with van der Waals surface area (Å²) in [5, 5.41) is 7.41. The first kappa shape index (κ1) is 15.0. The van der Waals surface area contributed by atoms with Crippen molar-refractivity contribution >= 4 is 29.2 Å². The van der Waals surface area contributed by atoms with E-state index in [9.17, 15) is 14.4 Å². The van der Waals surface area contributed by atoms with E-state index in [1.54, 1.807) is 6.92 Å². The molecular weight excluding hydrogens is 302 g/mol. The molecule has 2 heterocycles. The van der Waals surface area contributed by atoms with Crippen LogP contribution in [0, 0.1) is 5.92 Å². The lowest BCUT2D eigenvalue weighted by atomic mass is 10.0. The first-order valence-corrected chi connectivity index (χ1v) is 8.27. The van der Waals surface area contributed by atoms with Gasteiger partial charge < -0.3 is 10.6 Å². The van der Waals surface area contributed by atoms with Crippen molar-refractivity contribution in [2.75, 3.05) is 6.54 Å². The summed E-state index contributed by atoms with van der Waals surface area (Å²) in [6.07, 6.45) is 2.25. The molecule has 0 radical (unpaired) electrons. The molecule has 1 aromatic heterocycles. The summed E-state index contributed by atoms with van der Waals surface area (Å²) in [7, 11) is 0. The van der Waals surface area contributed by atoms with E-state index >= 15 is 0 Å². The predicted molar refractivity (Wildman–Crippen MR) is 82.2 cm³/mol. The minimum Gasteiger partial charge on any atom is -0.352 e. The Morgan fingerprint density at radius 2 is 2.27 bits per heavy atom. The van der Waals surface area contributed by atoms with Gasteiger partial charge in [-0.3, -0.25) is 14.5 Å². The third kappa shape index (κ3) is 2.61. The van der Waals surface area contributed by atoms with Gasteiger partial charge in [0.15, 0.2) is 5.54 Å². The van der Waals surface area contributed by atoms with E-state index in [1.165, 1.54) is 11.3 Å². The van der Waals surface area contributed by atoms with Crippen LogP contribution in [0.5, 0.6) is 0 Å².